The van der Waals surface area contributed by atoms with Crippen LogP contribution in [0.25, 0.3) is 17.2 Å². The number of hydrogen-bond acceptors (Lipinski definition) is 2. The quantitative estimate of drug-likeness (QED) is 0.600. The molecule has 0 amide bonds. The maximum atomic E-state index is 5.01. The number of nitrogens with zero attached hydrogens (tertiary/aromatic N) is 1. The van der Waals surface area contributed by atoms with Crippen LogP contribution in [0.2, 0.25) is 0 Å². The summed E-state index contributed by atoms with van der Waals surface area (Å²) in [6, 6.07) is 23.8. The summed E-state index contributed by atoms with van der Waals surface area (Å²) in [6.07, 6.45) is 7.03. The van der Waals surface area contributed by atoms with Gasteiger partial charge in [-0.1, -0.05) is 78.9 Å². The molecule has 0 saturated carbocycles. The lowest BCUT2D eigenvalue weighted by Gasteiger charge is -2.39. The molecule has 1 aliphatic heterocycles. The van der Waals surface area contributed by atoms with E-state index in [0.717, 1.165) is 5.69 Å². The van der Waals surface area contributed by atoms with Crippen LogP contribution < -0.4 is 5.32 Å². The molecule has 1 aliphatic carbocycles. The maximum absolute atomic E-state index is 5.01. The van der Waals surface area contributed by atoms with Gasteiger partial charge in [0.1, 0.15) is 0 Å². The first kappa shape index (κ1) is 17.0. The van der Waals surface area contributed by atoms with E-state index in [1.807, 2.05) is 0 Å². The highest BCUT2D eigenvalue weighted by Crippen LogP contribution is 2.45. The first-order valence-corrected chi connectivity index (χ1v) is 9.96. The van der Waals surface area contributed by atoms with Crippen molar-refractivity contribution in [3.05, 3.63) is 107 Å². The third-order valence-corrected chi connectivity index (χ3v) is 5.88. The lowest BCUT2D eigenvalue weighted by Crippen LogP contribution is -2.36. The van der Waals surface area contributed by atoms with Gasteiger partial charge in [0, 0.05) is 28.8 Å². The summed E-state index contributed by atoms with van der Waals surface area (Å²) < 4.78 is 0. The number of nitrogens with one attached hydrogen (secondary N) is 1. The number of aromatic nitrogens is 1. The highest BCUT2D eigenvalue weighted by Gasteiger charge is 2.37. The average molecular weight is 364 g/mol. The predicted octanol–water partition coefficient (Wildman–Crippen LogP) is 6.03. The molecule has 2 aliphatic rings. The number of hydrogen-bond donors (Lipinski definition) is 1. The second-order valence-electron chi connectivity index (χ2n) is 7.82. The van der Waals surface area contributed by atoms with E-state index < -0.39 is 0 Å². The number of fused-ring (bicyclic) bond motifs is 3. The molecule has 0 fully saturated rings. The van der Waals surface area contributed by atoms with Crippen molar-refractivity contribution < 1.29 is 0 Å². The molecule has 0 radical (unpaired) electrons. The van der Waals surface area contributed by atoms with Crippen LogP contribution in [0.4, 0.5) is 0 Å². The van der Waals surface area contributed by atoms with Crippen molar-refractivity contribution in [2.24, 2.45) is 5.92 Å². The molecule has 3 aromatic rings. The fraction of sp³-hybridized carbons (Fsp3) is 0.192. The number of allylic oxidation sites excluding steroid dienone is 2. The molecule has 28 heavy (non-hydrogen) atoms. The SMILES string of the molecule is CC1=CC(c2ccccc2)C2C=Cc3c(-c4ccccc4)cc(C)nc3C2N1. The number of benzene rings is 2. The predicted molar refractivity (Wildman–Crippen MR) is 116 cm³/mol. The van der Waals surface area contributed by atoms with Crippen LogP contribution >= 0.6 is 0 Å². The lowest BCUT2D eigenvalue weighted by molar-refractivity contribution is 0.384. The largest absolute Gasteiger partial charge is 0.380 e. The molecule has 0 spiro atoms. The second kappa shape index (κ2) is 6.79. The van der Waals surface area contributed by atoms with Gasteiger partial charge in [-0.3, -0.25) is 4.98 Å². The summed E-state index contributed by atoms with van der Waals surface area (Å²) in [4.78, 5) is 5.01. The Labute approximate surface area is 166 Å². The minimum atomic E-state index is 0.192. The summed E-state index contributed by atoms with van der Waals surface area (Å²) >= 11 is 0. The van der Waals surface area contributed by atoms with Crippen molar-refractivity contribution in [2.45, 2.75) is 25.8 Å². The molecule has 5 rings (SSSR count). The molecule has 3 atom stereocenters. The van der Waals surface area contributed by atoms with Gasteiger partial charge in [-0.25, -0.2) is 0 Å². The minimum Gasteiger partial charge on any atom is -0.380 e. The molecular weight excluding hydrogens is 340 g/mol. The number of pyridine rings is 1. The molecule has 2 aromatic carbocycles. The van der Waals surface area contributed by atoms with Crippen molar-refractivity contribution in [3.63, 3.8) is 0 Å². The van der Waals surface area contributed by atoms with E-state index in [-0.39, 0.29) is 6.04 Å². The van der Waals surface area contributed by atoms with Crippen LogP contribution in [0.1, 0.15) is 41.4 Å². The van der Waals surface area contributed by atoms with E-state index >= 15 is 0 Å². The summed E-state index contributed by atoms with van der Waals surface area (Å²) in [5.41, 5.74) is 8.57. The Morgan fingerprint density at radius 2 is 1.61 bits per heavy atom. The van der Waals surface area contributed by atoms with Gasteiger partial charge in [0.05, 0.1) is 11.7 Å². The molecule has 2 nitrogen and oxygen atoms in total. The zero-order chi connectivity index (χ0) is 19.1. The summed E-state index contributed by atoms with van der Waals surface area (Å²) in [6.45, 7) is 4.26. The molecular formula is C26H24N2. The molecule has 1 N–H and O–H groups in total. The first-order chi connectivity index (χ1) is 13.7. The molecule has 2 heterocycles. The second-order valence-corrected chi connectivity index (χ2v) is 7.82. The summed E-state index contributed by atoms with van der Waals surface area (Å²) in [7, 11) is 0. The fourth-order valence-corrected chi connectivity index (χ4v) is 4.64. The molecule has 1 aromatic heterocycles. The Morgan fingerprint density at radius 3 is 2.36 bits per heavy atom. The summed E-state index contributed by atoms with van der Waals surface area (Å²) in [5, 5.41) is 3.73. The summed E-state index contributed by atoms with van der Waals surface area (Å²) in [5.74, 6) is 0.718. The van der Waals surface area contributed by atoms with Crippen molar-refractivity contribution in [2.75, 3.05) is 0 Å². The zero-order valence-corrected chi connectivity index (χ0v) is 16.3. The van der Waals surface area contributed by atoms with E-state index in [9.17, 15) is 0 Å². The molecule has 0 bridgehead atoms. The standard InChI is InChI=1S/C26H24N2/c1-17-15-23(19-9-5-3-6-10-19)21-13-14-22-24(20-11-7-4-8-12-20)16-18(2)28-26(22)25(21)27-17/h3-16,21,23,25,27H,1-2H3. The monoisotopic (exact) mass is 364 g/mol. The van der Waals surface area contributed by atoms with Gasteiger partial charge < -0.3 is 5.32 Å². The van der Waals surface area contributed by atoms with E-state index in [2.05, 4.69) is 104 Å². The van der Waals surface area contributed by atoms with Crippen LogP contribution in [-0.2, 0) is 0 Å². The van der Waals surface area contributed by atoms with Crippen LogP contribution in [0, 0.1) is 12.8 Å². The van der Waals surface area contributed by atoms with Crippen LogP contribution in [-0.4, -0.2) is 4.98 Å². The van der Waals surface area contributed by atoms with E-state index in [0.29, 0.717) is 11.8 Å². The van der Waals surface area contributed by atoms with Gasteiger partial charge in [-0.05, 0) is 36.6 Å². The van der Waals surface area contributed by atoms with Gasteiger partial charge in [0.25, 0.3) is 0 Å². The lowest BCUT2D eigenvalue weighted by atomic mass is 9.73. The van der Waals surface area contributed by atoms with Crippen LogP contribution in [0.5, 0.6) is 0 Å². The highest BCUT2D eigenvalue weighted by molar-refractivity contribution is 5.78. The van der Waals surface area contributed by atoms with E-state index in [1.54, 1.807) is 0 Å². The Balaban J connectivity index is 1.65. The van der Waals surface area contributed by atoms with Gasteiger partial charge in [0.2, 0.25) is 0 Å². The maximum Gasteiger partial charge on any atom is 0.0759 e. The van der Waals surface area contributed by atoms with Crippen molar-refractivity contribution in [1.29, 1.82) is 0 Å². The van der Waals surface area contributed by atoms with Crippen molar-refractivity contribution in [3.8, 4) is 11.1 Å². The number of rotatable bonds is 2. The molecule has 138 valence electrons. The normalized spacial score (nSPS) is 22.6. The Morgan fingerprint density at radius 1 is 0.893 bits per heavy atom. The van der Waals surface area contributed by atoms with Gasteiger partial charge in [-0.15, -0.1) is 0 Å². The fourth-order valence-electron chi connectivity index (χ4n) is 4.64. The Bertz CT molecular complexity index is 1060. The van der Waals surface area contributed by atoms with Gasteiger partial charge in [0.15, 0.2) is 0 Å². The first-order valence-electron chi connectivity index (χ1n) is 9.96. The van der Waals surface area contributed by atoms with E-state index in [4.69, 9.17) is 4.98 Å². The van der Waals surface area contributed by atoms with Crippen molar-refractivity contribution in [1.82, 2.24) is 10.3 Å². The van der Waals surface area contributed by atoms with Gasteiger partial charge in [-0.2, -0.15) is 0 Å². The van der Waals surface area contributed by atoms with Crippen LogP contribution in [0.3, 0.4) is 0 Å². The molecule has 0 saturated heterocycles. The smallest absolute Gasteiger partial charge is 0.0759 e. The molecule has 2 heteroatoms. The third kappa shape index (κ3) is 2.86. The Hall–Kier alpha value is -3.13. The third-order valence-electron chi connectivity index (χ3n) is 5.88. The van der Waals surface area contributed by atoms with E-state index in [1.165, 1.54) is 33.6 Å². The van der Waals surface area contributed by atoms with Crippen LogP contribution in [0.15, 0.2) is 84.6 Å². The Kier molecular flexibility index (Phi) is 4.12. The number of aryl methyl sites for hydroxylation is 1. The van der Waals surface area contributed by atoms with Crippen molar-refractivity contribution >= 4 is 6.08 Å². The highest BCUT2D eigenvalue weighted by atomic mass is 15.0. The molecule has 3 unspecified atom stereocenters. The van der Waals surface area contributed by atoms with Gasteiger partial charge >= 0.3 is 0 Å². The topological polar surface area (TPSA) is 24.9 Å². The minimum absolute atomic E-state index is 0.192. The zero-order valence-electron chi connectivity index (χ0n) is 16.3. The average Bonchev–Trinajstić information content (AvgIpc) is 2.74.